The van der Waals surface area contributed by atoms with Crippen LogP contribution in [0.15, 0.2) is 18.2 Å². The number of benzene rings is 1. The molecule has 0 saturated heterocycles. The van der Waals surface area contributed by atoms with E-state index in [1.807, 2.05) is 19.2 Å². The molecule has 0 bridgehead atoms. The van der Waals surface area contributed by atoms with Crippen molar-refractivity contribution in [3.05, 3.63) is 29.6 Å². The summed E-state index contributed by atoms with van der Waals surface area (Å²) in [5.74, 6) is -0.107. The van der Waals surface area contributed by atoms with Crippen molar-refractivity contribution in [2.75, 3.05) is 25.0 Å². The molecule has 19 heavy (non-hydrogen) atoms. The molecule has 0 aromatic heterocycles. The molecule has 0 radical (unpaired) electrons. The first-order valence-electron chi connectivity index (χ1n) is 7.41. The molecule has 0 aliphatic carbocycles. The standard InChI is InChI=1S/C16H27FN2/c1-4-6-11-19(12-7-5-2)16-10-8-9-15(17)14(16)13-18-3/h8-10,18H,4-7,11-13H2,1-3H3. The minimum absolute atomic E-state index is 0.107. The van der Waals surface area contributed by atoms with Gasteiger partial charge in [0.05, 0.1) is 0 Å². The van der Waals surface area contributed by atoms with Crippen LogP contribution in [0, 0.1) is 5.82 Å². The van der Waals surface area contributed by atoms with Gasteiger partial charge in [-0.25, -0.2) is 4.39 Å². The molecule has 0 fully saturated rings. The van der Waals surface area contributed by atoms with Gasteiger partial charge in [-0.15, -0.1) is 0 Å². The Morgan fingerprint density at radius 2 is 1.74 bits per heavy atom. The first-order chi connectivity index (χ1) is 9.24. The summed E-state index contributed by atoms with van der Waals surface area (Å²) in [5, 5.41) is 3.07. The topological polar surface area (TPSA) is 15.3 Å². The minimum Gasteiger partial charge on any atom is -0.371 e. The van der Waals surface area contributed by atoms with Crippen LogP contribution in [-0.2, 0) is 6.54 Å². The van der Waals surface area contributed by atoms with Crippen LogP contribution in [0.1, 0.15) is 45.1 Å². The molecule has 1 rings (SSSR count). The average molecular weight is 266 g/mol. The summed E-state index contributed by atoms with van der Waals surface area (Å²) in [7, 11) is 1.86. The molecular formula is C16H27FN2. The third-order valence-electron chi connectivity index (χ3n) is 3.35. The fraction of sp³-hybridized carbons (Fsp3) is 0.625. The fourth-order valence-electron chi connectivity index (χ4n) is 2.25. The molecule has 0 unspecified atom stereocenters. The van der Waals surface area contributed by atoms with Crippen LogP contribution in [0.2, 0.25) is 0 Å². The molecule has 0 spiro atoms. The molecule has 0 aliphatic rings. The van der Waals surface area contributed by atoms with E-state index in [0.717, 1.165) is 37.2 Å². The van der Waals surface area contributed by atoms with E-state index >= 15 is 0 Å². The summed E-state index contributed by atoms with van der Waals surface area (Å²) >= 11 is 0. The van der Waals surface area contributed by atoms with E-state index in [2.05, 4.69) is 24.1 Å². The number of halogens is 1. The number of hydrogen-bond acceptors (Lipinski definition) is 2. The van der Waals surface area contributed by atoms with Crippen LogP contribution in [0.4, 0.5) is 10.1 Å². The first-order valence-corrected chi connectivity index (χ1v) is 7.41. The molecule has 1 aromatic rings. The fourth-order valence-corrected chi connectivity index (χ4v) is 2.25. The molecule has 1 aromatic carbocycles. The lowest BCUT2D eigenvalue weighted by molar-refractivity contribution is 0.595. The van der Waals surface area contributed by atoms with Gasteiger partial charge in [-0.2, -0.15) is 0 Å². The normalized spacial score (nSPS) is 10.7. The van der Waals surface area contributed by atoms with Gasteiger partial charge in [-0.1, -0.05) is 32.8 Å². The Balaban J connectivity index is 2.95. The van der Waals surface area contributed by atoms with Crippen LogP contribution in [0.25, 0.3) is 0 Å². The zero-order valence-electron chi connectivity index (χ0n) is 12.5. The number of nitrogens with one attached hydrogen (secondary N) is 1. The molecule has 3 heteroatoms. The first kappa shape index (κ1) is 16.0. The van der Waals surface area contributed by atoms with Crippen LogP contribution in [0.5, 0.6) is 0 Å². The molecule has 0 saturated carbocycles. The zero-order valence-corrected chi connectivity index (χ0v) is 12.5. The van der Waals surface area contributed by atoms with Gasteiger partial charge in [0.15, 0.2) is 0 Å². The van der Waals surface area contributed by atoms with Crippen molar-refractivity contribution in [1.29, 1.82) is 0 Å². The van der Waals surface area contributed by atoms with E-state index in [1.54, 1.807) is 6.07 Å². The van der Waals surface area contributed by atoms with Gasteiger partial charge in [0.2, 0.25) is 0 Å². The lowest BCUT2D eigenvalue weighted by Crippen LogP contribution is -2.27. The molecular weight excluding hydrogens is 239 g/mol. The van der Waals surface area contributed by atoms with E-state index < -0.39 is 0 Å². The van der Waals surface area contributed by atoms with E-state index in [-0.39, 0.29) is 5.82 Å². The molecule has 2 nitrogen and oxygen atoms in total. The number of anilines is 1. The second-order valence-electron chi connectivity index (χ2n) is 4.96. The summed E-state index contributed by atoms with van der Waals surface area (Å²) in [6.07, 6.45) is 4.64. The van der Waals surface area contributed by atoms with Crippen LogP contribution in [0.3, 0.4) is 0 Å². The van der Waals surface area contributed by atoms with Gasteiger partial charge in [-0.3, -0.25) is 0 Å². The molecule has 108 valence electrons. The summed E-state index contributed by atoms with van der Waals surface area (Å²) < 4.78 is 14.0. The second-order valence-corrected chi connectivity index (χ2v) is 4.96. The van der Waals surface area contributed by atoms with Crippen molar-refractivity contribution in [3.63, 3.8) is 0 Å². The highest BCUT2D eigenvalue weighted by Crippen LogP contribution is 2.24. The number of unbranched alkanes of at least 4 members (excludes halogenated alkanes) is 2. The van der Waals surface area contributed by atoms with Crippen molar-refractivity contribution in [2.45, 2.75) is 46.1 Å². The van der Waals surface area contributed by atoms with Crippen LogP contribution in [-0.4, -0.2) is 20.1 Å². The summed E-state index contributed by atoms with van der Waals surface area (Å²) in [6, 6.07) is 5.41. The van der Waals surface area contributed by atoms with E-state index in [0.29, 0.717) is 6.54 Å². The lowest BCUT2D eigenvalue weighted by atomic mass is 10.1. The Bertz CT molecular complexity index is 358. The van der Waals surface area contributed by atoms with E-state index in [4.69, 9.17) is 0 Å². The molecule has 0 atom stereocenters. The van der Waals surface area contributed by atoms with Gasteiger partial charge in [-0.05, 0) is 32.0 Å². The van der Waals surface area contributed by atoms with E-state index in [1.165, 1.54) is 12.8 Å². The maximum absolute atomic E-state index is 14.0. The van der Waals surface area contributed by atoms with Crippen LogP contribution >= 0.6 is 0 Å². The summed E-state index contributed by atoms with van der Waals surface area (Å²) in [6.45, 7) is 6.99. The third kappa shape index (κ3) is 4.83. The van der Waals surface area contributed by atoms with Crippen molar-refractivity contribution >= 4 is 5.69 Å². The summed E-state index contributed by atoms with van der Waals surface area (Å²) in [5.41, 5.74) is 1.84. The number of rotatable bonds is 9. The number of nitrogens with zero attached hydrogens (tertiary/aromatic N) is 1. The van der Waals surface area contributed by atoms with Gasteiger partial charge < -0.3 is 10.2 Å². The quantitative estimate of drug-likeness (QED) is 0.728. The monoisotopic (exact) mass is 266 g/mol. The second kappa shape index (κ2) is 8.92. The maximum atomic E-state index is 14.0. The Morgan fingerprint density at radius 3 is 2.26 bits per heavy atom. The SMILES string of the molecule is CCCCN(CCCC)c1cccc(F)c1CNC. The zero-order chi connectivity index (χ0) is 14.1. The van der Waals surface area contributed by atoms with Gasteiger partial charge in [0.1, 0.15) is 5.82 Å². The Hall–Kier alpha value is -1.09. The predicted molar refractivity (Wildman–Crippen MR) is 81.2 cm³/mol. The highest BCUT2D eigenvalue weighted by Gasteiger charge is 2.13. The van der Waals surface area contributed by atoms with E-state index in [9.17, 15) is 4.39 Å². The largest absolute Gasteiger partial charge is 0.371 e. The Labute approximate surface area is 117 Å². The van der Waals surface area contributed by atoms with Gasteiger partial charge in [0.25, 0.3) is 0 Å². The smallest absolute Gasteiger partial charge is 0.129 e. The minimum atomic E-state index is -0.107. The van der Waals surface area contributed by atoms with Gasteiger partial charge >= 0.3 is 0 Å². The Kier molecular flexibility index (Phi) is 7.49. The lowest BCUT2D eigenvalue weighted by Gasteiger charge is -2.27. The average Bonchev–Trinajstić information content (AvgIpc) is 2.42. The predicted octanol–water partition coefficient (Wildman–Crippen LogP) is 3.95. The Morgan fingerprint density at radius 1 is 1.11 bits per heavy atom. The highest BCUT2D eigenvalue weighted by atomic mass is 19.1. The van der Waals surface area contributed by atoms with Crippen LogP contribution < -0.4 is 10.2 Å². The van der Waals surface area contributed by atoms with Crippen molar-refractivity contribution < 1.29 is 4.39 Å². The molecule has 1 N–H and O–H groups in total. The molecule has 0 amide bonds. The van der Waals surface area contributed by atoms with Crippen molar-refractivity contribution in [2.24, 2.45) is 0 Å². The molecule has 0 aliphatic heterocycles. The van der Waals surface area contributed by atoms with Crippen molar-refractivity contribution in [1.82, 2.24) is 5.32 Å². The summed E-state index contributed by atoms with van der Waals surface area (Å²) in [4.78, 5) is 2.34. The molecule has 0 heterocycles. The number of hydrogen-bond donors (Lipinski definition) is 1. The highest BCUT2D eigenvalue weighted by molar-refractivity contribution is 5.54. The maximum Gasteiger partial charge on any atom is 0.129 e. The van der Waals surface area contributed by atoms with Gasteiger partial charge in [0, 0.05) is 30.9 Å². The third-order valence-corrected chi connectivity index (χ3v) is 3.35. The van der Waals surface area contributed by atoms with Crippen molar-refractivity contribution in [3.8, 4) is 0 Å².